The highest BCUT2D eigenvalue weighted by molar-refractivity contribution is 5.85. The molecule has 1 aliphatic rings. The van der Waals surface area contributed by atoms with Gasteiger partial charge in [-0.2, -0.15) is 0 Å². The van der Waals surface area contributed by atoms with Gasteiger partial charge in [-0.25, -0.2) is 0 Å². The Hall–Kier alpha value is -1.10. The SMILES string of the molecule is CCCC1(C(=O)O)CCN(C(=O)C(C)(C)C(C)(C)N)C1. The molecule has 0 bridgehead atoms. The van der Waals surface area contributed by atoms with E-state index in [0.717, 1.165) is 6.42 Å². The largest absolute Gasteiger partial charge is 0.481 e. The van der Waals surface area contributed by atoms with Crippen LogP contribution in [0.3, 0.4) is 0 Å². The summed E-state index contributed by atoms with van der Waals surface area (Å²) in [6.07, 6.45) is 1.95. The van der Waals surface area contributed by atoms with E-state index < -0.39 is 22.3 Å². The maximum atomic E-state index is 12.7. The molecule has 5 nitrogen and oxygen atoms in total. The van der Waals surface area contributed by atoms with Crippen molar-refractivity contribution in [1.29, 1.82) is 0 Å². The fourth-order valence-electron chi connectivity index (χ4n) is 2.68. The van der Waals surface area contributed by atoms with Crippen molar-refractivity contribution in [2.24, 2.45) is 16.6 Å². The molecule has 5 heteroatoms. The van der Waals surface area contributed by atoms with Gasteiger partial charge in [0, 0.05) is 18.6 Å². The molecule has 1 atom stereocenters. The number of hydrogen-bond acceptors (Lipinski definition) is 3. The Bertz CT molecular complexity index is 398. The fourth-order valence-corrected chi connectivity index (χ4v) is 2.68. The number of rotatable bonds is 5. The van der Waals surface area contributed by atoms with Crippen LogP contribution in [0.4, 0.5) is 0 Å². The van der Waals surface area contributed by atoms with Gasteiger partial charge in [0.05, 0.1) is 10.8 Å². The molecule has 1 fully saturated rings. The van der Waals surface area contributed by atoms with E-state index in [1.54, 1.807) is 4.90 Å². The van der Waals surface area contributed by atoms with Crippen molar-refractivity contribution >= 4 is 11.9 Å². The molecule has 0 aromatic rings. The third kappa shape index (κ3) is 2.82. The fraction of sp³-hybridized carbons (Fsp3) is 0.867. The molecule has 0 spiro atoms. The number of nitrogens with zero attached hydrogens (tertiary/aromatic N) is 1. The molecular formula is C15H28N2O3. The van der Waals surface area contributed by atoms with E-state index in [1.165, 1.54) is 0 Å². The Labute approximate surface area is 121 Å². The monoisotopic (exact) mass is 284 g/mol. The number of carbonyl (C=O) groups excluding carboxylic acids is 1. The van der Waals surface area contributed by atoms with Crippen molar-refractivity contribution in [3.05, 3.63) is 0 Å². The molecule has 0 aliphatic carbocycles. The first-order chi connectivity index (χ1) is 8.98. The highest BCUT2D eigenvalue weighted by Crippen LogP contribution is 2.39. The molecule has 1 heterocycles. The number of hydrogen-bond donors (Lipinski definition) is 2. The number of aliphatic carboxylic acids is 1. The number of nitrogens with two attached hydrogens (primary N) is 1. The van der Waals surface area contributed by atoms with Crippen LogP contribution in [0, 0.1) is 10.8 Å². The summed E-state index contributed by atoms with van der Waals surface area (Å²) in [6, 6.07) is 0. The second-order valence-electron chi connectivity index (χ2n) is 7.16. The standard InChI is InChI=1S/C15H28N2O3/c1-6-7-15(12(19)20)8-9-17(10-15)11(18)13(2,3)14(4,5)16/h6-10,16H2,1-5H3,(H,19,20). The average Bonchev–Trinajstić information content (AvgIpc) is 2.72. The maximum absolute atomic E-state index is 12.7. The lowest BCUT2D eigenvalue weighted by molar-refractivity contribution is -0.150. The molecule has 1 saturated heterocycles. The highest BCUT2D eigenvalue weighted by Gasteiger charge is 2.50. The van der Waals surface area contributed by atoms with Crippen LogP contribution in [0.2, 0.25) is 0 Å². The maximum Gasteiger partial charge on any atom is 0.311 e. The van der Waals surface area contributed by atoms with Crippen LogP contribution < -0.4 is 5.73 Å². The molecule has 0 aromatic carbocycles. The number of carboxylic acid groups (broad SMARTS) is 1. The molecule has 0 aromatic heterocycles. The number of carbonyl (C=O) groups is 2. The van der Waals surface area contributed by atoms with Gasteiger partial charge in [-0.3, -0.25) is 9.59 Å². The van der Waals surface area contributed by atoms with E-state index in [-0.39, 0.29) is 5.91 Å². The van der Waals surface area contributed by atoms with Crippen molar-refractivity contribution in [3.63, 3.8) is 0 Å². The van der Waals surface area contributed by atoms with Gasteiger partial charge in [0.1, 0.15) is 0 Å². The molecule has 116 valence electrons. The van der Waals surface area contributed by atoms with Crippen LogP contribution in [0.25, 0.3) is 0 Å². The minimum Gasteiger partial charge on any atom is -0.481 e. The molecule has 20 heavy (non-hydrogen) atoms. The lowest BCUT2D eigenvalue weighted by Gasteiger charge is -2.40. The van der Waals surface area contributed by atoms with Gasteiger partial charge in [0.2, 0.25) is 5.91 Å². The summed E-state index contributed by atoms with van der Waals surface area (Å²) in [5, 5.41) is 9.49. The van der Waals surface area contributed by atoms with Crippen molar-refractivity contribution in [2.75, 3.05) is 13.1 Å². The Morgan fingerprint density at radius 2 is 1.85 bits per heavy atom. The predicted octanol–water partition coefficient (Wildman–Crippen LogP) is 1.85. The average molecular weight is 284 g/mol. The lowest BCUT2D eigenvalue weighted by atomic mass is 9.74. The van der Waals surface area contributed by atoms with Crippen molar-refractivity contribution in [2.45, 2.75) is 59.4 Å². The van der Waals surface area contributed by atoms with Crippen molar-refractivity contribution in [3.8, 4) is 0 Å². The third-order valence-electron chi connectivity index (χ3n) is 4.97. The lowest BCUT2D eigenvalue weighted by Crippen LogP contribution is -2.56. The van der Waals surface area contributed by atoms with Crippen molar-refractivity contribution < 1.29 is 14.7 Å². The molecule has 3 N–H and O–H groups in total. The quantitative estimate of drug-likeness (QED) is 0.807. The van der Waals surface area contributed by atoms with Gasteiger partial charge in [-0.05, 0) is 40.5 Å². The Kier molecular flexibility index (Phi) is 4.54. The molecule has 0 saturated carbocycles. The normalized spacial score (nSPS) is 24.0. The summed E-state index contributed by atoms with van der Waals surface area (Å²) in [5.74, 6) is -0.844. The van der Waals surface area contributed by atoms with E-state index in [9.17, 15) is 14.7 Å². The summed E-state index contributed by atoms with van der Waals surface area (Å²) < 4.78 is 0. The number of carboxylic acids is 1. The molecule has 1 unspecified atom stereocenters. The van der Waals surface area contributed by atoms with E-state index in [2.05, 4.69) is 0 Å². The Morgan fingerprint density at radius 1 is 1.30 bits per heavy atom. The Morgan fingerprint density at radius 3 is 2.25 bits per heavy atom. The van der Waals surface area contributed by atoms with Crippen LogP contribution in [0.15, 0.2) is 0 Å². The van der Waals surface area contributed by atoms with Gasteiger partial charge in [0.25, 0.3) is 0 Å². The van der Waals surface area contributed by atoms with Crippen LogP contribution >= 0.6 is 0 Å². The van der Waals surface area contributed by atoms with Crippen molar-refractivity contribution in [1.82, 2.24) is 4.90 Å². The second-order valence-corrected chi connectivity index (χ2v) is 7.16. The van der Waals surface area contributed by atoms with Gasteiger partial charge >= 0.3 is 5.97 Å². The van der Waals surface area contributed by atoms with Crippen LogP contribution in [-0.4, -0.2) is 40.5 Å². The molecule has 1 amide bonds. The minimum atomic E-state index is -0.792. The first-order valence-corrected chi connectivity index (χ1v) is 7.29. The van der Waals surface area contributed by atoms with E-state index in [1.807, 2.05) is 34.6 Å². The summed E-state index contributed by atoms with van der Waals surface area (Å²) in [7, 11) is 0. The predicted molar refractivity (Wildman–Crippen MR) is 78.2 cm³/mol. The first kappa shape index (κ1) is 17.0. The first-order valence-electron chi connectivity index (χ1n) is 7.29. The number of likely N-dealkylation sites (tertiary alicyclic amines) is 1. The minimum absolute atomic E-state index is 0.0516. The molecule has 1 aliphatic heterocycles. The highest BCUT2D eigenvalue weighted by atomic mass is 16.4. The van der Waals surface area contributed by atoms with Gasteiger partial charge in [-0.1, -0.05) is 13.3 Å². The number of amides is 1. The Balaban J connectivity index is 2.92. The summed E-state index contributed by atoms with van der Waals surface area (Å²) in [5.41, 5.74) is 3.96. The van der Waals surface area contributed by atoms with Gasteiger partial charge in [0.15, 0.2) is 0 Å². The summed E-state index contributed by atoms with van der Waals surface area (Å²) in [6.45, 7) is 10.1. The zero-order valence-corrected chi connectivity index (χ0v) is 13.3. The molecule has 1 rings (SSSR count). The van der Waals surface area contributed by atoms with Crippen LogP contribution in [0.5, 0.6) is 0 Å². The molecular weight excluding hydrogens is 256 g/mol. The van der Waals surface area contributed by atoms with Gasteiger partial charge < -0.3 is 15.7 Å². The second kappa shape index (κ2) is 5.35. The summed E-state index contributed by atoms with van der Waals surface area (Å²) >= 11 is 0. The van der Waals surface area contributed by atoms with Gasteiger partial charge in [-0.15, -0.1) is 0 Å². The van der Waals surface area contributed by atoms with E-state index in [4.69, 9.17) is 5.73 Å². The molecule has 0 radical (unpaired) electrons. The smallest absolute Gasteiger partial charge is 0.311 e. The topological polar surface area (TPSA) is 83.6 Å². The zero-order chi connectivity index (χ0) is 15.8. The third-order valence-corrected chi connectivity index (χ3v) is 4.97. The van der Waals surface area contributed by atoms with E-state index in [0.29, 0.717) is 25.9 Å². The van der Waals surface area contributed by atoms with E-state index >= 15 is 0 Å². The summed E-state index contributed by atoms with van der Waals surface area (Å²) in [4.78, 5) is 25.9. The van der Waals surface area contributed by atoms with Crippen LogP contribution in [-0.2, 0) is 9.59 Å². The van der Waals surface area contributed by atoms with Crippen LogP contribution in [0.1, 0.15) is 53.9 Å². The zero-order valence-electron chi connectivity index (χ0n) is 13.3.